The molecule has 2 aliphatic rings. The van der Waals surface area contributed by atoms with Crippen LogP contribution in [0, 0.1) is 0 Å². The third-order valence-electron chi connectivity index (χ3n) is 5.77. The molecule has 0 bridgehead atoms. The molecule has 2 aromatic carbocycles. The van der Waals surface area contributed by atoms with E-state index in [-0.39, 0.29) is 18.9 Å². The van der Waals surface area contributed by atoms with Gasteiger partial charge >= 0.3 is 12.1 Å². The van der Waals surface area contributed by atoms with Crippen molar-refractivity contribution in [3.05, 3.63) is 59.7 Å². The van der Waals surface area contributed by atoms with Gasteiger partial charge in [0.15, 0.2) is 0 Å². The van der Waals surface area contributed by atoms with Gasteiger partial charge in [0.05, 0.1) is 12.0 Å². The molecule has 28 heavy (non-hydrogen) atoms. The Kier molecular flexibility index (Phi) is 5.06. The van der Waals surface area contributed by atoms with E-state index in [1.807, 2.05) is 30.5 Å². The molecule has 0 spiro atoms. The highest BCUT2D eigenvalue weighted by atomic mass is 32.2. The van der Waals surface area contributed by atoms with E-state index in [1.54, 1.807) is 11.8 Å². The number of thioether (sulfide) groups is 1. The average molecular weight is 397 g/mol. The van der Waals surface area contributed by atoms with Crippen molar-refractivity contribution in [1.29, 1.82) is 0 Å². The van der Waals surface area contributed by atoms with Crippen molar-refractivity contribution < 1.29 is 19.4 Å². The van der Waals surface area contributed by atoms with Gasteiger partial charge in [-0.05, 0) is 41.4 Å². The number of carbonyl (C=O) groups excluding carboxylic acids is 1. The van der Waals surface area contributed by atoms with E-state index in [2.05, 4.69) is 29.6 Å². The molecule has 0 aliphatic heterocycles. The number of amides is 1. The minimum absolute atomic E-state index is 0.00564. The van der Waals surface area contributed by atoms with E-state index in [4.69, 9.17) is 4.74 Å². The van der Waals surface area contributed by atoms with E-state index in [9.17, 15) is 14.7 Å². The largest absolute Gasteiger partial charge is 0.481 e. The van der Waals surface area contributed by atoms with Crippen molar-refractivity contribution in [1.82, 2.24) is 5.32 Å². The van der Waals surface area contributed by atoms with Gasteiger partial charge in [0.25, 0.3) is 0 Å². The smallest absolute Gasteiger partial charge is 0.407 e. The zero-order valence-electron chi connectivity index (χ0n) is 15.7. The van der Waals surface area contributed by atoms with Crippen LogP contribution in [0.1, 0.15) is 36.3 Å². The van der Waals surface area contributed by atoms with Crippen molar-refractivity contribution in [2.45, 2.75) is 36.0 Å². The average Bonchev–Trinajstić information content (AvgIpc) is 2.97. The molecule has 1 saturated carbocycles. The second-order valence-electron chi connectivity index (χ2n) is 7.57. The van der Waals surface area contributed by atoms with E-state index in [0.717, 1.165) is 11.1 Å². The second kappa shape index (κ2) is 7.51. The Bertz CT molecular complexity index is 861. The predicted octanol–water partition coefficient (Wildman–Crippen LogP) is 4.26. The molecule has 146 valence electrons. The van der Waals surface area contributed by atoms with Gasteiger partial charge < -0.3 is 15.2 Å². The lowest BCUT2D eigenvalue weighted by Gasteiger charge is -2.46. The summed E-state index contributed by atoms with van der Waals surface area (Å²) in [7, 11) is 0. The molecule has 2 aliphatic carbocycles. The lowest BCUT2D eigenvalue weighted by atomic mass is 9.74. The monoisotopic (exact) mass is 397 g/mol. The minimum Gasteiger partial charge on any atom is -0.481 e. The molecule has 0 aromatic heterocycles. The van der Waals surface area contributed by atoms with Crippen LogP contribution in [-0.4, -0.2) is 40.8 Å². The molecule has 0 radical (unpaired) electrons. The Hall–Kier alpha value is -2.47. The van der Waals surface area contributed by atoms with E-state index in [1.165, 1.54) is 11.1 Å². The van der Waals surface area contributed by atoms with Crippen LogP contribution in [0.4, 0.5) is 4.79 Å². The van der Waals surface area contributed by atoms with Gasteiger partial charge in [-0.15, -0.1) is 0 Å². The molecule has 1 amide bonds. The van der Waals surface area contributed by atoms with Crippen molar-refractivity contribution in [2.75, 3.05) is 12.9 Å². The molecule has 4 rings (SSSR count). The summed E-state index contributed by atoms with van der Waals surface area (Å²) in [6.45, 7) is 0.231. The SMILES string of the molecule is CSC1CC(CC(=O)O)(NC(=O)OCC2c3ccccc3-c3ccccc32)C1. The Morgan fingerprint density at radius 1 is 1.11 bits per heavy atom. The number of nitrogens with one attached hydrogen (secondary N) is 1. The first-order valence-electron chi connectivity index (χ1n) is 9.39. The molecule has 5 nitrogen and oxygen atoms in total. The summed E-state index contributed by atoms with van der Waals surface area (Å²) in [5, 5.41) is 12.4. The topological polar surface area (TPSA) is 75.6 Å². The molecule has 0 heterocycles. The lowest BCUT2D eigenvalue weighted by Crippen LogP contribution is -2.59. The maximum atomic E-state index is 12.5. The van der Waals surface area contributed by atoms with Crippen molar-refractivity contribution >= 4 is 23.8 Å². The molecule has 0 atom stereocenters. The normalized spacial score (nSPS) is 22.7. The maximum Gasteiger partial charge on any atom is 0.407 e. The van der Waals surface area contributed by atoms with Gasteiger partial charge in [-0.2, -0.15) is 11.8 Å². The number of carboxylic acid groups (broad SMARTS) is 1. The molecular formula is C22H23NO4S. The zero-order chi connectivity index (χ0) is 19.7. The molecule has 1 fully saturated rings. The van der Waals surface area contributed by atoms with E-state index < -0.39 is 17.6 Å². The third kappa shape index (κ3) is 3.49. The summed E-state index contributed by atoms with van der Waals surface area (Å²) in [5.41, 5.74) is 3.97. The molecule has 0 unspecified atom stereocenters. The Morgan fingerprint density at radius 2 is 1.68 bits per heavy atom. The highest BCUT2D eigenvalue weighted by Crippen LogP contribution is 2.45. The van der Waals surface area contributed by atoms with Gasteiger partial charge in [0.1, 0.15) is 6.61 Å². The summed E-state index contributed by atoms with van der Waals surface area (Å²) in [5.74, 6) is -0.910. The van der Waals surface area contributed by atoms with Crippen molar-refractivity contribution in [3.63, 3.8) is 0 Å². The molecule has 2 N–H and O–H groups in total. The van der Waals surface area contributed by atoms with Crippen LogP contribution in [0.5, 0.6) is 0 Å². The highest BCUT2D eigenvalue weighted by molar-refractivity contribution is 7.99. The standard InChI is InChI=1S/C22H23NO4S/c1-28-14-10-22(11-14,12-20(24)25)23-21(26)27-13-19-17-8-4-2-6-15(17)16-7-3-5-9-18(16)19/h2-9,14,19H,10-13H2,1H3,(H,23,26)(H,24,25). The summed E-state index contributed by atoms with van der Waals surface area (Å²) < 4.78 is 5.57. The second-order valence-corrected chi connectivity index (χ2v) is 8.71. The van der Waals surface area contributed by atoms with Gasteiger partial charge in [0, 0.05) is 11.2 Å². The van der Waals surface area contributed by atoms with E-state index >= 15 is 0 Å². The van der Waals surface area contributed by atoms with Crippen molar-refractivity contribution in [2.24, 2.45) is 0 Å². The number of alkyl carbamates (subject to hydrolysis) is 1. The van der Waals surface area contributed by atoms with Crippen molar-refractivity contribution in [3.8, 4) is 11.1 Å². The number of benzene rings is 2. The van der Waals surface area contributed by atoms with Gasteiger partial charge in [-0.3, -0.25) is 4.79 Å². The number of hydrogen-bond acceptors (Lipinski definition) is 4. The third-order valence-corrected chi connectivity index (χ3v) is 6.77. The van der Waals surface area contributed by atoms with Crippen LogP contribution in [0.15, 0.2) is 48.5 Å². The highest BCUT2D eigenvalue weighted by Gasteiger charge is 2.47. The molecule has 6 heteroatoms. The van der Waals surface area contributed by atoms with Gasteiger partial charge in [-0.1, -0.05) is 48.5 Å². The fraction of sp³-hybridized carbons (Fsp3) is 0.364. The Balaban J connectivity index is 1.44. The Labute approximate surface area is 168 Å². The predicted molar refractivity (Wildman–Crippen MR) is 110 cm³/mol. The first-order chi connectivity index (χ1) is 13.5. The van der Waals surface area contributed by atoms with Crippen LogP contribution in [-0.2, 0) is 9.53 Å². The van der Waals surface area contributed by atoms with Crippen LogP contribution in [0.25, 0.3) is 11.1 Å². The molecule has 2 aromatic rings. The summed E-state index contributed by atoms with van der Waals surface area (Å²) in [4.78, 5) is 23.7. The zero-order valence-corrected chi connectivity index (χ0v) is 16.5. The first kappa shape index (κ1) is 18.9. The van der Waals surface area contributed by atoms with Crippen LogP contribution in [0.2, 0.25) is 0 Å². The number of rotatable bonds is 6. The number of hydrogen-bond donors (Lipinski definition) is 2. The fourth-order valence-electron chi connectivity index (χ4n) is 4.41. The van der Waals surface area contributed by atoms with Crippen LogP contribution in [0.3, 0.4) is 0 Å². The Morgan fingerprint density at radius 3 is 2.21 bits per heavy atom. The number of carboxylic acids is 1. The van der Waals surface area contributed by atoms with E-state index in [0.29, 0.717) is 18.1 Å². The minimum atomic E-state index is -0.904. The lowest BCUT2D eigenvalue weighted by molar-refractivity contribution is -0.139. The fourth-order valence-corrected chi connectivity index (χ4v) is 5.38. The first-order valence-corrected chi connectivity index (χ1v) is 10.7. The van der Waals surface area contributed by atoms with Gasteiger partial charge in [0.2, 0.25) is 0 Å². The van der Waals surface area contributed by atoms with Crippen LogP contribution >= 0.6 is 11.8 Å². The number of ether oxygens (including phenoxy) is 1. The van der Waals surface area contributed by atoms with Gasteiger partial charge in [-0.25, -0.2) is 4.79 Å². The summed E-state index contributed by atoms with van der Waals surface area (Å²) in [6, 6.07) is 16.3. The van der Waals surface area contributed by atoms with Crippen LogP contribution < -0.4 is 5.32 Å². The number of fused-ring (bicyclic) bond motifs is 3. The summed E-state index contributed by atoms with van der Waals surface area (Å²) in [6.07, 6.45) is 2.70. The molecular weight excluding hydrogens is 374 g/mol. The summed E-state index contributed by atoms with van der Waals surface area (Å²) >= 11 is 1.70. The maximum absolute atomic E-state index is 12.5. The quantitative estimate of drug-likeness (QED) is 0.762. The number of aliphatic carboxylic acids is 1. The molecule has 0 saturated heterocycles. The number of carbonyl (C=O) groups is 2.